The Kier molecular flexibility index (Phi) is 7.47. The summed E-state index contributed by atoms with van der Waals surface area (Å²) in [5.41, 5.74) is 2.31. The molecule has 0 bridgehead atoms. The number of rotatable bonds is 5. The van der Waals surface area contributed by atoms with E-state index in [-0.39, 0.29) is 18.3 Å². The van der Waals surface area contributed by atoms with E-state index in [4.69, 9.17) is 0 Å². The molecule has 3 rings (SSSR count). The van der Waals surface area contributed by atoms with Crippen LogP contribution >= 0.6 is 28.3 Å². The van der Waals surface area contributed by atoms with E-state index in [2.05, 4.69) is 38.4 Å². The van der Waals surface area contributed by atoms with Crippen molar-refractivity contribution in [3.05, 3.63) is 40.5 Å². The quantitative estimate of drug-likeness (QED) is 0.761. The number of H-pyrrole nitrogens is 1. The number of hydrogen-bond acceptors (Lipinski definition) is 3. The normalized spacial score (nSPS) is 14.8. The number of amides is 1. The van der Waals surface area contributed by atoms with Crippen LogP contribution in [0.4, 0.5) is 0 Å². The molecular formula is C18H24BrClN4O. The second-order valence-electron chi connectivity index (χ2n) is 6.11. The van der Waals surface area contributed by atoms with Crippen LogP contribution in [0.15, 0.2) is 34.8 Å². The first kappa shape index (κ1) is 19.9. The molecule has 1 aliphatic rings. The molecule has 0 aliphatic carbocycles. The summed E-state index contributed by atoms with van der Waals surface area (Å²) >= 11 is 3.58. The molecule has 136 valence electrons. The second-order valence-corrected chi connectivity index (χ2v) is 6.90. The molecule has 1 aromatic carbocycles. The fraction of sp³-hybridized carbons (Fsp3) is 0.444. The number of hydrogen-bond donors (Lipinski definition) is 2. The number of carbonyl (C=O) groups excluding carboxylic acids is 1. The molecule has 1 aliphatic heterocycles. The minimum absolute atomic E-state index is 0. The van der Waals surface area contributed by atoms with Gasteiger partial charge in [-0.25, -0.2) is 0 Å². The van der Waals surface area contributed by atoms with Crippen molar-refractivity contribution in [3.8, 4) is 11.3 Å². The highest BCUT2D eigenvalue weighted by molar-refractivity contribution is 9.10. The second kappa shape index (κ2) is 9.36. The van der Waals surface area contributed by atoms with Gasteiger partial charge in [-0.1, -0.05) is 37.3 Å². The molecule has 25 heavy (non-hydrogen) atoms. The zero-order chi connectivity index (χ0) is 16.9. The minimum atomic E-state index is 0. The maximum atomic E-state index is 13.1. The van der Waals surface area contributed by atoms with E-state index in [1.165, 1.54) is 0 Å². The molecule has 0 atom stereocenters. The smallest absolute Gasteiger partial charge is 0.273 e. The molecule has 0 unspecified atom stereocenters. The SMILES string of the molecule is CCCN(C(=O)c1[nH]nc(-c2ccccc2)c1Br)C1CCNCC1.Cl. The molecule has 2 N–H and O–H groups in total. The molecule has 1 fully saturated rings. The van der Waals surface area contributed by atoms with Gasteiger partial charge in [0.05, 0.1) is 4.47 Å². The third-order valence-electron chi connectivity index (χ3n) is 4.44. The Hall–Kier alpha value is -1.37. The van der Waals surface area contributed by atoms with Gasteiger partial charge in [-0.15, -0.1) is 12.4 Å². The Labute approximate surface area is 163 Å². The molecule has 0 radical (unpaired) electrons. The average molecular weight is 428 g/mol. The van der Waals surface area contributed by atoms with Crippen LogP contribution in [0.25, 0.3) is 11.3 Å². The number of piperidine rings is 1. The maximum Gasteiger partial charge on any atom is 0.273 e. The molecule has 0 spiro atoms. The van der Waals surface area contributed by atoms with Gasteiger partial charge < -0.3 is 10.2 Å². The van der Waals surface area contributed by atoms with Crippen LogP contribution in [-0.2, 0) is 0 Å². The average Bonchev–Trinajstić information content (AvgIpc) is 3.02. The predicted octanol–water partition coefficient (Wildman–Crippen LogP) is 3.87. The minimum Gasteiger partial charge on any atom is -0.334 e. The summed E-state index contributed by atoms with van der Waals surface area (Å²) < 4.78 is 0.744. The van der Waals surface area contributed by atoms with Gasteiger partial charge in [0.25, 0.3) is 5.91 Å². The van der Waals surface area contributed by atoms with Crippen LogP contribution in [-0.4, -0.2) is 46.7 Å². The Morgan fingerprint density at radius 1 is 1.28 bits per heavy atom. The number of carbonyl (C=O) groups is 1. The molecular weight excluding hydrogens is 404 g/mol. The van der Waals surface area contributed by atoms with Gasteiger partial charge in [0.15, 0.2) is 0 Å². The van der Waals surface area contributed by atoms with E-state index in [0.29, 0.717) is 11.7 Å². The molecule has 0 saturated carbocycles. The van der Waals surface area contributed by atoms with Crippen molar-refractivity contribution in [1.82, 2.24) is 20.4 Å². The molecule has 1 aromatic heterocycles. The van der Waals surface area contributed by atoms with Crippen molar-refractivity contribution >= 4 is 34.2 Å². The van der Waals surface area contributed by atoms with E-state index in [0.717, 1.165) is 54.6 Å². The highest BCUT2D eigenvalue weighted by Crippen LogP contribution is 2.30. The lowest BCUT2D eigenvalue weighted by atomic mass is 10.0. The van der Waals surface area contributed by atoms with Crippen LogP contribution in [0.1, 0.15) is 36.7 Å². The summed E-state index contributed by atoms with van der Waals surface area (Å²) in [7, 11) is 0. The van der Waals surface area contributed by atoms with Crippen molar-refractivity contribution in [2.24, 2.45) is 0 Å². The Balaban J connectivity index is 0.00000225. The molecule has 7 heteroatoms. The number of benzene rings is 1. The van der Waals surface area contributed by atoms with Crippen molar-refractivity contribution in [2.75, 3.05) is 19.6 Å². The van der Waals surface area contributed by atoms with Gasteiger partial charge >= 0.3 is 0 Å². The largest absolute Gasteiger partial charge is 0.334 e. The van der Waals surface area contributed by atoms with Crippen molar-refractivity contribution in [1.29, 1.82) is 0 Å². The third-order valence-corrected chi connectivity index (χ3v) is 5.21. The van der Waals surface area contributed by atoms with Crippen molar-refractivity contribution in [3.63, 3.8) is 0 Å². The zero-order valence-corrected chi connectivity index (χ0v) is 16.7. The number of nitrogens with one attached hydrogen (secondary N) is 2. The lowest BCUT2D eigenvalue weighted by Crippen LogP contribution is -2.46. The number of aromatic amines is 1. The summed E-state index contributed by atoms with van der Waals surface area (Å²) in [5.74, 6) is 0.0327. The summed E-state index contributed by atoms with van der Waals surface area (Å²) in [6, 6.07) is 10.2. The lowest BCUT2D eigenvalue weighted by Gasteiger charge is -2.34. The van der Waals surface area contributed by atoms with Gasteiger partial charge in [0.2, 0.25) is 0 Å². The van der Waals surface area contributed by atoms with Gasteiger partial charge in [0.1, 0.15) is 11.4 Å². The molecule has 2 heterocycles. The van der Waals surface area contributed by atoms with Crippen LogP contribution < -0.4 is 5.32 Å². The Bertz CT molecular complexity index is 686. The monoisotopic (exact) mass is 426 g/mol. The number of nitrogens with zero attached hydrogens (tertiary/aromatic N) is 2. The Morgan fingerprint density at radius 2 is 1.96 bits per heavy atom. The van der Waals surface area contributed by atoms with E-state index < -0.39 is 0 Å². The van der Waals surface area contributed by atoms with Gasteiger partial charge in [-0.2, -0.15) is 5.10 Å². The van der Waals surface area contributed by atoms with Crippen LogP contribution in [0.2, 0.25) is 0 Å². The standard InChI is InChI=1S/C18H23BrN4O.ClH/c1-2-12-23(14-8-10-20-11-9-14)18(24)17-15(19)16(21-22-17)13-6-4-3-5-7-13;/h3-7,14,20H,2,8-12H2,1H3,(H,21,22);1H. The van der Waals surface area contributed by atoms with Crippen molar-refractivity contribution in [2.45, 2.75) is 32.2 Å². The zero-order valence-electron chi connectivity index (χ0n) is 14.3. The predicted molar refractivity (Wildman–Crippen MR) is 106 cm³/mol. The first-order valence-corrected chi connectivity index (χ1v) is 9.32. The van der Waals surface area contributed by atoms with E-state index in [9.17, 15) is 4.79 Å². The lowest BCUT2D eigenvalue weighted by molar-refractivity contribution is 0.0635. The van der Waals surface area contributed by atoms with Gasteiger partial charge in [0, 0.05) is 18.2 Å². The third kappa shape index (κ3) is 4.43. The molecule has 5 nitrogen and oxygen atoms in total. The van der Waals surface area contributed by atoms with E-state index >= 15 is 0 Å². The van der Waals surface area contributed by atoms with Gasteiger partial charge in [-0.3, -0.25) is 9.89 Å². The van der Waals surface area contributed by atoms with E-state index in [1.54, 1.807) is 0 Å². The molecule has 1 saturated heterocycles. The van der Waals surface area contributed by atoms with Crippen LogP contribution in [0, 0.1) is 0 Å². The fourth-order valence-electron chi connectivity index (χ4n) is 3.21. The Morgan fingerprint density at radius 3 is 2.60 bits per heavy atom. The summed E-state index contributed by atoms with van der Waals surface area (Å²) in [6.45, 7) is 4.82. The van der Waals surface area contributed by atoms with Crippen LogP contribution in [0.5, 0.6) is 0 Å². The highest BCUT2D eigenvalue weighted by atomic mass is 79.9. The summed E-state index contributed by atoms with van der Waals surface area (Å²) in [6.07, 6.45) is 2.96. The van der Waals surface area contributed by atoms with Crippen LogP contribution in [0.3, 0.4) is 0 Å². The van der Waals surface area contributed by atoms with E-state index in [1.807, 2.05) is 35.2 Å². The molecule has 1 amide bonds. The first-order chi connectivity index (χ1) is 11.7. The first-order valence-electron chi connectivity index (χ1n) is 8.53. The van der Waals surface area contributed by atoms with Gasteiger partial charge in [-0.05, 0) is 48.3 Å². The summed E-state index contributed by atoms with van der Waals surface area (Å²) in [5, 5.41) is 10.7. The highest BCUT2D eigenvalue weighted by Gasteiger charge is 2.29. The topological polar surface area (TPSA) is 61.0 Å². The fourth-order valence-corrected chi connectivity index (χ4v) is 3.79. The maximum absolute atomic E-state index is 13.1. The number of halogens is 2. The van der Waals surface area contributed by atoms with Crippen molar-refractivity contribution < 1.29 is 4.79 Å². The number of aromatic nitrogens is 2. The summed E-state index contributed by atoms with van der Waals surface area (Å²) in [4.78, 5) is 15.1. The molecule has 2 aromatic rings.